The highest BCUT2D eigenvalue weighted by molar-refractivity contribution is 5.85. The van der Waals surface area contributed by atoms with Gasteiger partial charge in [-0.05, 0) is 23.6 Å². The van der Waals surface area contributed by atoms with Gasteiger partial charge in [0.2, 0.25) is 0 Å². The van der Waals surface area contributed by atoms with Crippen molar-refractivity contribution in [2.24, 2.45) is 0 Å². The maximum Gasteiger partial charge on any atom is 0.159 e. The fourth-order valence-electron chi connectivity index (χ4n) is 3.87. The first kappa shape index (κ1) is 20.8. The van der Waals surface area contributed by atoms with Crippen LogP contribution < -0.4 is 4.90 Å². The maximum absolute atomic E-state index is 4.95. The second-order valence-corrected chi connectivity index (χ2v) is 7.07. The second-order valence-electron chi connectivity index (χ2n) is 7.07. The lowest BCUT2D eigenvalue weighted by atomic mass is 10.00. The third-order valence-electron chi connectivity index (χ3n) is 5.33. The fourth-order valence-corrected chi connectivity index (χ4v) is 3.87. The van der Waals surface area contributed by atoms with Gasteiger partial charge in [0, 0.05) is 25.1 Å². The van der Waals surface area contributed by atoms with Crippen molar-refractivity contribution in [3.8, 4) is 22.6 Å². The third-order valence-corrected chi connectivity index (χ3v) is 5.33. The van der Waals surface area contributed by atoms with Crippen molar-refractivity contribution in [1.29, 1.82) is 0 Å². The number of fused-ring (bicyclic) bond motifs is 2. The Balaban J connectivity index is 0.00000120. The highest BCUT2D eigenvalue weighted by Gasteiger charge is 2.24. The van der Waals surface area contributed by atoms with Crippen LogP contribution in [-0.4, -0.2) is 27.0 Å². The average molecular weight is 409 g/mol. The fraction of sp³-hybridized carbons (Fsp3) is 0.217. The van der Waals surface area contributed by atoms with E-state index < -0.39 is 0 Å². The molecule has 5 nitrogen and oxygen atoms in total. The lowest BCUT2D eigenvalue weighted by molar-refractivity contribution is 0.714. The van der Waals surface area contributed by atoms with E-state index in [1.807, 2.05) is 6.07 Å². The van der Waals surface area contributed by atoms with E-state index in [1.165, 1.54) is 11.1 Å². The number of aromatic amines is 1. The number of hydrogen-bond donors (Lipinski definition) is 1. The first-order chi connectivity index (χ1) is 13.3. The van der Waals surface area contributed by atoms with Crippen LogP contribution in [-0.2, 0) is 19.4 Å². The Labute approximate surface area is 176 Å². The van der Waals surface area contributed by atoms with E-state index in [2.05, 4.69) is 71.4 Å². The van der Waals surface area contributed by atoms with Gasteiger partial charge in [-0.3, -0.25) is 0 Å². The molecule has 3 heterocycles. The molecule has 150 valence electrons. The number of halogens is 1. The summed E-state index contributed by atoms with van der Waals surface area (Å²) < 4.78 is 0. The largest absolute Gasteiger partial charge is 0.412 e. The Morgan fingerprint density at radius 3 is 2.45 bits per heavy atom. The molecule has 0 saturated carbocycles. The third kappa shape index (κ3) is 3.84. The lowest BCUT2D eigenvalue weighted by Gasteiger charge is -2.31. The lowest BCUT2D eigenvalue weighted by Crippen LogP contribution is -2.32. The summed E-state index contributed by atoms with van der Waals surface area (Å²) >= 11 is 0. The van der Waals surface area contributed by atoms with Crippen molar-refractivity contribution < 1.29 is 5.48 Å². The Morgan fingerprint density at radius 1 is 0.966 bits per heavy atom. The van der Waals surface area contributed by atoms with Gasteiger partial charge in [-0.25, -0.2) is 9.97 Å². The van der Waals surface area contributed by atoms with Gasteiger partial charge in [0.15, 0.2) is 5.82 Å². The number of aromatic nitrogens is 3. The van der Waals surface area contributed by atoms with E-state index in [1.54, 1.807) is 0 Å². The molecule has 0 radical (unpaired) electrons. The van der Waals surface area contributed by atoms with Gasteiger partial charge in [-0.1, -0.05) is 61.5 Å². The zero-order valence-corrected chi connectivity index (χ0v) is 17.2. The Morgan fingerprint density at radius 2 is 1.69 bits per heavy atom. The molecule has 2 aromatic rings. The SMILES string of the molecule is CCc1nc(N2CCc3ccccc3C2)c2nc(-c3ccccc3)cc-2[nH]1.Cl.O. The van der Waals surface area contributed by atoms with Crippen molar-refractivity contribution in [3.63, 3.8) is 0 Å². The molecule has 3 aliphatic heterocycles. The molecular weight excluding hydrogens is 384 g/mol. The molecule has 6 heteroatoms. The summed E-state index contributed by atoms with van der Waals surface area (Å²) in [5.41, 5.74) is 6.99. The first-order valence-electron chi connectivity index (χ1n) is 9.58. The number of benzene rings is 2. The summed E-state index contributed by atoms with van der Waals surface area (Å²) in [7, 11) is 0. The first-order valence-corrected chi connectivity index (χ1v) is 9.58. The summed E-state index contributed by atoms with van der Waals surface area (Å²) in [6, 6.07) is 21.2. The number of nitrogens with zero attached hydrogens (tertiary/aromatic N) is 3. The van der Waals surface area contributed by atoms with Crippen LogP contribution in [0.5, 0.6) is 0 Å². The topological polar surface area (TPSA) is 76.3 Å². The van der Waals surface area contributed by atoms with E-state index in [4.69, 9.17) is 9.97 Å². The van der Waals surface area contributed by atoms with E-state index in [-0.39, 0.29) is 17.9 Å². The Kier molecular flexibility index (Phi) is 6.20. The van der Waals surface area contributed by atoms with Crippen LogP contribution in [0, 0.1) is 0 Å². The highest BCUT2D eigenvalue weighted by Crippen LogP contribution is 2.35. The molecule has 2 aromatic carbocycles. The molecule has 0 amide bonds. The summed E-state index contributed by atoms with van der Waals surface area (Å²) in [5, 5.41) is 0. The van der Waals surface area contributed by atoms with Gasteiger partial charge in [-0.15, -0.1) is 12.4 Å². The van der Waals surface area contributed by atoms with Gasteiger partial charge >= 0.3 is 0 Å². The predicted octanol–water partition coefficient (Wildman–Crippen LogP) is 4.30. The zero-order chi connectivity index (χ0) is 18.2. The molecular formula is C23H25ClN4O. The van der Waals surface area contributed by atoms with E-state index >= 15 is 0 Å². The van der Waals surface area contributed by atoms with Crippen molar-refractivity contribution >= 4 is 18.2 Å². The molecule has 0 aliphatic carbocycles. The maximum atomic E-state index is 4.95. The molecule has 0 unspecified atom stereocenters. The number of anilines is 1. The van der Waals surface area contributed by atoms with Gasteiger partial charge in [-0.2, -0.15) is 0 Å². The highest BCUT2D eigenvalue weighted by atomic mass is 35.5. The summed E-state index contributed by atoms with van der Waals surface area (Å²) in [6.07, 6.45) is 1.92. The average Bonchev–Trinajstić information content (AvgIpc) is 3.17. The van der Waals surface area contributed by atoms with Crippen LogP contribution in [0.4, 0.5) is 5.82 Å². The quantitative estimate of drug-likeness (QED) is 0.549. The minimum absolute atomic E-state index is 0. The van der Waals surface area contributed by atoms with E-state index in [9.17, 15) is 0 Å². The second kappa shape index (κ2) is 8.64. The number of nitrogens with one attached hydrogen (secondary N) is 1. The van der Waals surface area contributed by atoms with Gasteiger partial charge in [0.25, 0.3) is 0 Å². The summed E-state index contributed by atoms with van der Waals surface area (Å²) in [6.45, 7) is 3.99. The van der Waals surface area contributed by atoms with Crippen LogP contribution in [0.25, 0.3) is 22.6 Å². The number of aryl methyl sites for hydroxylation is 1. The van der Waals surface area contributed by atoms with Crippen LogP contribution >= 0.6 is 12.4 Å². The van der Waals surface area contributed by atoms with Crippen LogP contribution in [0.1, 0.15) is 23.9 Å². The predicted molar refractivity (Wildman–Crippen MR) is 120 cm³/mol. The molecule has 29 heavy (non-hydrogen) atoms. The zero-order valence-electron chi connectivity index (χ0n) is 16.4. The molecule has 5 rings (SSSR count). The number of rotatable bonds is 3. The minimum atomic E-state index is 0. The Bertz CT molecular complexity index is 1060. The van der Waals surface area contributed by atoms with Crippen LogP contribution in [0.15, 0.2) is 60.7 Å². The molecule has 0 saturated heterocycles. The summed E-state index contributed by atoms with van der Waals surface area (Å²) in [5.74, 6) is 2.00. The Hall–Kier alpha value is -2.89. The van der Waals surface area contributed by atoms with E-state index in [0.717, 1.165) is 60.2 Å². The number of H-pyrrole nitrogens is 1. The molecule has 0 bridgehead atoms. The van der Waals surface area contributed by atoms with Gasteiger partial charge in [0.05, 0.1) is 11.4 Å². The van der Waals surface area contributed by atoms with Crippen LogP contribution in [0.2, 0.25) is 0 Å². The molecule has 3 aliphatic rings. The smallest absolute Gasteiger partial charge is 0.159 e. The standard InChI is InChI=1S/C23H22N4.ClH.H2O/c1-2-21-24-20-14-19(17-9-4-3-5-10-17)25-22(20)23(26-21)27-13-12-16-8-6-7-11-18(16)15-27;;/h3-11,14H,2,12-13,15H2,1H3,(H,24,26);1H;1H2. The molecule has 0 spiro atoms. The van der Waals surface area contributed by atoms with E-state index in [0.29, 0.717) is 0 Å². The molecule has 0 atom stereocenters. The molecule has 0 fully saturated rings. The van der Waals surface area contributed by atoms with Gasteiger partial charge in [0.1, 0.15) is 11.5 Å². The number of hydrogen-bond acceptors (Lipinski definition) is 3. The monoisotopic (exact) mass is 408 g/mol. The minimum Gasteiger partial charge on any atom is -0.412 e. The normalized spacial score (nSPS) is 12.8. The van der Waals surface area contributed by atoms with Gasteiger partial charge < -0.3 is 15.4 Å². The van der Waals surface area contributed by atoms with Crippen molar-refractivity contribution in [2.45, 2.75) is 26.3 Å². The van der Waals surface area contributed by atoms with Crippen LogP contribution in [0.3, 0.4) is 0 Å². The molecule has 3 N–H and O–H groups in total. The van der Waals surface area contributed by atoms with Crippen molar-refractivity contribution in [2.75, 3.05) is 11.4 Å². The van der Waals surface area contributed by atoms with Crippen molar-refractivity contribution in [3.05, 3.63) is 77.6 Å². The molecule has 0 aromatic heterocycles. The summed E-state index contributed by atoms with van der Waals surface area (Å²) in [4.78, 5) is 15.7. The van der Waals surface area contributed by atoms with Crippen molar-refractivity contribution in [1.82, 2.24) is 15.0 Å².